The zero-order valence-electron chi connectivity index (χ0n) is 15.3. The van der Waals surface area contributed by atoms with Gasteiger partial charge in [0.25, 0.3) is 5.56 Å². The van der Waals surface area contributed by atoms with Crippen molar-refractivity contribution in [1.29, 1.82) is 0 Å². The summed E-state index contributed by atoms with van der Waals surface area (Å²) in [5.41, 5.74) is 4.93. The molecule has 0 aliphatic carbocycles. The molecule has 0 saturated carbocycles. The molecule has 5 nitrogen and oxygen atoms in total. The number of aromatic nitrogens is 1. The molecule has 136 valence electrons. The Morgan fingerprint density at radius 3 is 2.31 bits per heavy atom. The van der Waals surface area contributed by atoms with E-state index in [1.807, 2.05) is 39.8 Å². The zero-order chi connectivity index (χ0) is 19.1. The number of hydrogen-bond acceptors (Lipinski definition) is 3. The van der Waals surface area contributed by atoms with Crippen LogP contribution in [0.2, 0.25) is 0 Å². The maximum atomic E-state index is 12.5. The Kier molecular flexibility index (Phi) is 4.73. The highest BCUT2D eigenvalue weighted by molar-refractivity contribution is 7.89. The van der Waals surface area contributed by atoms with Gasteiger partial charge in [-0.25, -0.2) is 13.1 Å². The highest BCUT2D eigenvalue weighted by Gasteiger charge is 2.16. The number of H-pyrrole nitrogens is 1. The number of rotatable bonds is 4. The quantitative estimate of drug-likeness (QED) is 0.740. The van der Waals surface area contributed by atoms with E-state index < -0.39 is 10.0 Å². The lowest BCUT2D eigenvalue weighted by molar-refractivity contribution is 0.581. The third kappa shape index (κ3) is 3.43. The second-order valence-corrected chi connectivity index (χ2v) is 8.43. The molecule has 2 aromatic carbocycles. The number of hydrogen-bond donors (Lipinski definition) is 2. The van der Waals surface area contributed by atoms with Crippen LogP contribution in [0.4, 0.5) is 0 Å². The van der Waals surface area contributed by atoms with Gasteiger partial charge in [0.05, 0.1) is 10.4 Å². The third-order valence-electron chi connectivity index (χ3n) is 4.87. The lowest BCUT2D eigenvalue weighted by Gasteiger charge is -2.10. The van der Waals surface area contributed by atoms with Crippen LogP contribution < -0.4 is 10.3 Å². The fraction of sp³-hybridized carbons (Fsp3) is 0.250. The summed E-state index contributed by atoms with van der Waals surface area (Å²) in [5.74, 6) is 0. The fourth-order valence-electron chi connectivity index (χ4n) is 2.84. The van der Waals surface area contributed by atoms with Crippen molar-refractivity contribution in [3.05, 3.63) is 74.6 Å². The minimum atomic E-state index is -3.69. The number of aryl methyl sites for hydroxylation is 4. The summed E-state index contributed by atoms with van der Waals surface area (Å²) in [5, 5.41) is 0.882. The van der Waals surface area contributed by atoms with Crippen LogP contribution in [0.25, 0.3) is 10.9 Å². The van der Waals surface area contributed by atoms with E-state index in [2.05, 4.69) is 9.71 Å². The second-order valence-electron chi connectivity index (χ2n) is 6.67. The Balaban J connectivity index is 1.91. The highest BCUT2D eigenvalue weighted by Crippen LogP contribution is 2.19. The van der Waals surface area contributed by atoms with Crippen molar-refractivity contribution in [3.63, 3.8) is 0 Å². The Labute approximate surface area is 153 Å². The minimum Gasteiger partial charge on any atom is -0.321 e. The molecule has 0 bridgehead atoms. The van der Waals surface area contributed by atoms with Gasteiger partial charge in [0.15, 0.2) is 0 Å². The van der Waals surface area contributed by atoms with Crippen LogP contribution in [0.15, 0.2) is 46.1 Å². The smallest absolute Gasteiger partial charge is 0.252 e. The van der Waals surface area contributed by atoms with Gasteiger partial charge in [-0.3, -0.25) is 4.79 Å². The summed E-state index contributed by atoms with van der Waals surface area (Å²) in [6, 6.07) is 10.6. The van der Waals surface area contributed by atoms with Crippen LogP contribution in [0.1, 0.15) is 27.8 Å². The van der Waals surface area contributed by atoms with E-state index in [4.69, 9.17) is 0 Å². The molecule has 0 aliphatic rings. The average Bonchev–Trinajstić information content (AvgIpc) is 2.59. The normalized spacial score (nSPS) is 11.8. The lowest BCUT2D eigenvalue weighted by Crippen LogP contribution is -2.27. The molecule has 2 N–H and O–H groups in total. The maximum Gasteiger partial charge on any atom is 0.252 e. The first-order chi connectivity index (χ1) is 12.2. The largest absolute Gasteiger partial charge is 0.321 e. The molecule has 3 rings (SSSR count). The van der Waals surface area contributed by atoms with E-state index in [1.54, 1.807) is 24.3 Å². The van der Waals surface area contributed by atoms with Crippen LogP contribution in [0.3, 0.4) is 0 Å². The monoisotopic (exact) mass is 370 g/mol. The first kappa shape index (κ1) is 18.4. The Morgan fingerprint density at radius 1 is 0.923 bits per heavy atom. The van der Waals surface area contributed by atoms with Crippen molar-refractivity contribution in [1.82, 2.24) is 9.71 Å². The first-order valence-electron chi connectivity index (χ1n) is 8.38. The molecule has 1 heterocycles. The predicted molar refractivity (Wildman–Crippen MR) is 104 cm³/mol. The summed E-state index contributed by atoms with van der Waals surface area (Å²) in [6.45, 7) is 7.67. The van der Waals surface area contributed by atoms with Crippen molar-refractivity contribution in [2.24, 2.45) is 0 Å². The van der Waals surface area contributed by atoms with Crippen LogP contribution in [-0.4, -0.2) is 13.4 Å². The van der Waals surface area contributed by atoms with E-state index in [9.17, 15) is 13.2 Å². The SMILES string of the molecule is Cc1ccc(S(=O)(=O)NCc2cc3ccc(C)c(C)c3[nH]c2=O)cc1C. The van der Waals surface area contributed by atoms with Crippen molar-refractivity contribution in [2.75, 3.05) is 0 Å². The fourth-order valence-corrected chi connectivity index (χ4v) is 3.93. The molecule has 0 amide bonds. The van der Waals surface area contributed by atoms with Crippen molar-refractivity contribution < 1.29 is 8.42 Å². The number of pyridine rings is 1. The van der Waals surface area contributed by atoms with E-state index in [0.29, 0.717) is 5.56 Å². The topological polar surface area (TPSA) is 79.0 Å². The van der Waals surface area contributed by atoms with E-state index >= 15 is 0 Å². The van der Waals surface area contributed by atoms with E-state index in [-0.39, 0.29) is 17.0 Å². The minimum absolute atomic E-state index is 0.0620. The molecule has 0 unspecified atom stereocenters. The van der Waals surface area contributed by atoms with Gasteiger partial charge in [-0.2, -0.15) is 0 Å². The molecular formula is C20H22N2O3S. The molecular weight excluding hydrogens is 348 g/mol. The van der Waals surface area contributed by atoms with Crippen molar-refractivity contribution in [2.45, 2.75) is 39.1 Å². The average molecular weight is 370 g/mol. The summed E-state index contributed by atoms with van der Waals surface area (Å²) < 4.78 is 27.6. The lowest BCUT2D eigenvalue weighted by atomic mass is 10.0. The summed E-state index contributed by atoms with van der Waals surface area (Å²) in [6.07, 6.45) is 0. The van der Waals surface area contributed by atoms with Crippen LogP contribution in [0.5, 0.6) is 0 Å². The number of aromatic amines is 1. The molecule has 0 aliphatic heterocycles. The molecule has 3 aromatic rings. The van der Waals surface area contributed by atoms with Gasteiger partial charge in [0, 0.05) is 12.1 Å². The maximum absolute atomic E-state index is 12.5. The standard InChI is InChI=1S/C20H22N2O3S/c1-12-6-8-18(9-14(12)3)26(24,25)21-11-17-10-16-7-5-13(2)15(4)19(16)22-20(17)23/h5-10,21H,11H2,1-4H3,(H,22,23). The number of fused-ring (bicyclic) bond motifs is 1. The van der Waals surface area contributed by atoms with Crippen molar-refractivity contribution >= 4 is 20.9 Å². The van der Waals surface area contributed by atoms with Gasteiger partial charge >= 0.3 is 0 Å². The molecule has 26 heavy (non-hydrogen) atoms. The van der Waals surface area contributed by atoms with Crippen LogP contribution in [-0.2, 0) is 16.6 Å². The highest BCUT2D eigenvalue weighted by atomic mass is 32.2. The van der Waals surface area contributed by atoms with Gasteiger partial charge in [0.2, 0.25) is 10.0 Å². The third-order valence-corrected chi connectivity index (χ3v) is 6.27. The van der Waals surface area contributed by atoms with E-state index in [0.717, 1.165) is 33.2 Å². The van der Waals surface area contributed by atoms with Gasteiger partial charge in [-0.1, -0.05) is 18.2 Å². The zero-order valence-corrected chi connectivity index (χ0v) is 16.1. The molecule has 0 saturated heterocycles. The van der Waals surface area contributed by atoms with Crippen LogP contribution >= 0.6 is 0 Å². The Hall–Kier alpha value is -2.44. The van der Waals surface area contributed by atoms with Gasteiger partial charge < -0.3 is 4.98 Å². The van der Waals surface area contributed by atoms with Crippen molar-refractivity contribution in [3.8, 4) is 0 Å². The second kappa shape index (κ2) is 6.70. The molecule has 1 aromatic heterocycles. The van der Waals surface area contributed by atoms with E-state index in [1.165, 1.54) is 0 Å². The van der Waals surface area contributed by atoms with Gasteiger partial charge in [-0.15, -0.1) is 0 Å². The first-order valence-corrected chi connectivity index (χ1v) is 9.86. The molecule has 0 atom stereocenters. The summed E-state index contributed by atoms with van der Waals surface area (Å²) >= 11 is 0. The molecule has 0 fully saturated rings. The summed E-state index contributed by atoms with van der Waals surface area (Å²) in [4.78, 5) is 15.4. The molecule has 6 heteroatoms. The number of sulfonamides is 1. The molecule has 0 spiro atoms. The van der Waals surface area contributed by atoms with Gasteiger partial charge in [-0.05, 0) is 73.5 Å². The summed E-state index contributed by atoms with van der Waals surface area (Å²) in [7, 11) is -3.69. The Morgan fingerprint density at radius 2 is 1.62 bits per heavy atom. The molecule has 0 radical (unpaired) electrons. The number of benzene rings is 2. The number of nitrogens with one attached hydrogen (secondary N) is 2. The Bertz CT molecular complexity index is 1160. The van der Waals surface area contributed by atoms with Crippen LogP contribution in [0, 0.1) is 27.7 Å². The van der Waals surface area contributed by atoms with Gasteiger partial charge in [0.1, 0.15) is 0 Å². The predicted octanol–water partition coefficient (Wildman–Crippen LogP) is 3.24.